The fraction of sp³-hybridized carbons (Fsp3) is 0.579. The van der Waals surface area contributed by atoms with Gasteiger partial charge in [0.25, 0.3) is 5.56 Å². The molecule has 1 aromatic heterocycles. The Morgan fingerprint density at radius 3 is 2.80 bits per heavy atom. The summed E-state index contributed by atoms with van der Waals surface area (Å²) in [5.41, 5.74) is 0.654. The third-order valence-corrected chi connectivity index (χ3v) is 6.34. The van der Waals surface area contributed by atoms with Crippen molar-refractivity contribution in [2.75, 3.05) is 13.2 Å². The van der Waals surface area contributed by atoms with Crippen LogP contribution in [-0.2, 0) is 10.5 Å². The van der Waals surface area contributed by atoms with Gasteiger partial charge in [-0.15, -0.1) is 0 Å². The summed E-state index contributed by atoms with van der Waals surface area (Å²) in [5.74, 6) is 2.29. The van der Waals surface area contributed by atoms with Crippen LogP contribution in [0.3, 0.4) is 0 Å². The van der Waals surface area contributed by atoms with Crippen LogP contribution in [0.2, 0.25) is 0 Å². The number of aromatic amines is 1. The van der Waals surface area contributed by atoms with Crippen LogP contribution in [0.25, 0.3) is 10.9 Å². The summed E-state index contributed by atoms with van der Waals surface area (Å²) in [7, 11) is 0. The van der Waals surface area contributed by atoms with Gasteiger partial charge in [-0.1, -0.05) is 0 Å². The molecule has 2 aliphatic rings. The van der Waals surface area contributed by atoms with Crippen LogP contribution in [0.1, 0.15) is 44.3 Å². The van der Waals surface area contributed by atoms with E-state index >= 15 is 0 Å². The Morgan fingerprint density at radius 2 is 2.00 bits per heavy atom. The van der Waals surface area contributed by atoms with Crippen molar-refractivity contribution in [2.45, 2.75) is 55.6 Å². The highest BCUT2D eigenvalue weighted by Crippen LogP contribution is 2.27. The zero-order valence-electron chi connectivity index (χ0n) is 14.3. The summed E-state index contributed by atoms with van der Waals surface area (Å²) in [6.07, 6.45) is 7.17. The number of fused-ring (bicyclic) bond motifs is 1. The number of aromatic nitrogens is 2. The van der Waals surface area contributed by atoms with Gasteiger partial charge in [-0.3, -0.25) is 4.79 Å². The van der Waals surface area contributed by atoms with E-state index in [4.69, 9.17) is 9.47 Å². The molecule has 6 heteroatoms. The molecule has 1 aliphatic heterocycles. The van der Waals surface area contributed by atoms with E-state index < -0.39 is 0 Å². The first-order valence-electron chi connectivity index (χ1n) is 9.17. The van der Waals surface area contributed by atoms with E-state index in [2.05, 4.69) is 9.97 Å². The molecule has 1 aliphatic carbocycles. The first-order valence-corrected chi connectivity index (χ1v) is 10.2. The molecule has 0 atom stereocenters. The lowest BCUT2D eigenvalue weighted by molar-refractivity contribution is 0.1000. The van der Waals surface area contributed by atoms with E-state index in [0.29, 0.717) is 16.7 Å². The molecule has 25 heavy (non-hydrogen) atoms. The number of rotatable bonds is 5. The Bertz CT molecular complexity index is 780. The molecule has 1 saturated carbocycles. The average Bonchev–Trinajstić information content (AvgIpc) is 3.14. The van der Waals surface area contributed by atoms with Crippen LogP contribution in [0, 0.1) is 0 Å². The van der Waals surface area contributed by atoms with Crippen molar-refractivity contribution < 1.29 is 9.47 Å². The Kier molecular flexibility index (Phi) is 5.27. The highest BCUT2D eigenvalue weighted by atomic mass is 32.2. The molecule has 4 rings (SSSR count). The number of nitrogens with zero attached hydrogens (tertiary/aromatic N) is 1. The number of hydrogen-bond donors (Lipinski definition) is 1. The van der Waals surface area contributed by atoms with Crippen LogP contribution >= 0.6 is 11.8 Å². The molecule has 2 fully saturated rings. The van der Waals surface area contributed by atoms with Crippen LogP contribution in [0.15, 0.2) is 23.0 Å². The molecular weight excluding hydrogens is 336 g/mol. The highest BCUT2D eigenvalue weighted by Gasteiger charge is 2.17. The lowest BCUT2D eigenvalue weighted by atomic mass is 10.2. The van der Waals surface area contributed by atoms with Gasteiger partial charge in [0.15, 0.2) is 0 Å². The molecular formula is C19H24N2O3S. The highest BCUT2D eigenvalue weighted by molar-refractivity contribution is 7.99. The van der Waals surface area contributed by atoms with E-state index in [-0.39, 0.29) is 5.56 Å². The summed E-state index contributed by atoms with van der Waals surface area (Å²) in [4.78, 5) is 19.9. The van der Waals surface area contributed by atoms with Gasteiger partial charge in [-0.25, -0.2) is 4.98 Å². The fourth-order valence-corrected chi connectivity index (χ4v) is 4.60. The second-order valence-corrected chi connectivity index (χ2v) is 8.13. The molecule has 1 saturated heterocycles. The number of H-pyrrole nitrogens is 1. The Morgan fingerprint density at radius 1 is 1.20 bits per heavy atom. The van der Waals surface area contributed by atoms with Crippen molar-refractivity contribution >= 4 is 22.7 Å². The number of thioether (sulfide) groups is 1. The second-order valence-electron chi connectivity index (χ2n) is 6.84. The minimum absolute atomic E-state index is 0.0695. The van der Waals surface area contributed by atoms with Crippen molar-refractivity contribution in [1.29, 1.82) is 0 Å². The number of nitrogens with one attached hydrogen (secondary N) is 1. The van der Waals surface area contributed by atoms with Gasteiger partial charge in [-0.05, 0) is 50.7 Å². The zero-order chi connectivity index (χ0) is 17.1. The van der Waals surface area contributed by atoms with Gasteiger partial charge >= 0.3 is 0 Å². The van der Waals surface area contributed by atoms with Crippen molar-refractivity contribution in [1.82, 2.24) is 9.97 Å². The van der Waals surface area contributed by atoms with Crippen molar-refractivity contribution in [3.63, 3.8) is 0 Å². The molecule has 0 amide bonds. The Hall–Kier alpha value is -1.53. The normalized spacial score (nSPS) is 19.5. The van der Waals surface area contributed by atoms with Crippen LogP contribution in [0.4, 0.5) is 0 Å². The SMILES string of the molecule is O=c1[nH]c(CSC2CCOCC2)nc2cc(OC3CCCC3)ccc12. The lowest BCUT2D eigenvalue weighted by Crippen LogP contribution is -2.18. The molecule has 1 aromatic carbocycles. The number of ether oxygens (including phenoxy) is 2. The molecule has 5 nitrogen and oxygen atoms in total. The van der Waals surface area contributed by atoms with E-state index in [0.717, 1.165) is 61.7 Å². The molecule has 2 aromatic rings. The summed E-state index contributed by atoms with van der Waals surface area (Å²) in [5, 5.41) is 1.21. The van der Waals surface area contributed by atoms with Crippen LogP contribution < -0.4 is 10.3 Å². The Labute approximate surface area is 151 Å². The molecule has 0 bridgehead atoms. The molecule has 0 spiro atoms. The van der Waals surface area contributed by atoms with E-state index in [1.165, 1.54) is 12.8 Å². The summed E-state index contributed by atoms with van der Waals surface area (Å²) in [6.45, 7) is 1.67. The fourth-order valence-electron chi connectivity index (χ4n) is 3.55. The molecule has 1 N–H and O–H groups in total. The maximum Gasteiger partial charge on any atom is 0.258 e. The third-order valence-electron chi connectivity index (χ3n) is 4.96. The van der Waals surface area contributed by atoms with E-state index in [1.54, 1.807) is 0 Å². The first kappa shape index (κ1) is 16.9. The summed E-state index contributed by atoms with van der Waals surface area (Å²) in [6, 6.07) is 5.61. The van der Waals surface area contributed by atoms with Gasteiger partial charge in [-0.2, -0.15) is 11.8 Å². The Balaban J connectivity index is 1.50. The van der Waals surface area contributed by atoms with Gasteiger partial charge < -0.3 is 14.5 Å². The summed E-state index contributed by atoms with van der Waals surface area (Å²) >= 11 is 1.85. The molecule has 0 radical (unpaired) electrons. The number of benzene rings is 1. The maximum absolute atomic E-state index is 12.3. The number of hydrogen-bond acceptors (Lipinski definition) is 5. The predicted octanol–water partition coefficient (Wildman–Crippen LogP) is 3.66. The topological polar surface area (TPSA) is 64.2 Å². The predicted molar refractivity (Wildman–Crippen MR) is 100 cm³/mol. The van der Waals surface area contributed by atoms with E-state index in [1.807, 2.05) is 30.0 Å². The van der Waals surface area contributed by atoms with Crippen molar-refractivity contribution in [3.8, 4) is 5.75 Å². The average molecular weight is 360 g/mol. The van der Waals surface area contributed by atoms with Crippen molar-refractivity contribution in [3.05, 3.63) is 34.4 Å². The molecule has 0 unspecified atom stereocenters. The quantitative estimate of drug-likeness (QED) is 0.882. The largest absolute Gasteiger partial charge is 0.490 e. The molecule has 134 valence electrons. The van der Waals surface area contributed by atoms with E-state index in [9.17, 15) is 4.79 Å². The van der Waals surface area contributed by atoms with Crippen LogP contribution in [-0.4, -0.2) is 34.5 Å². The standard InChI is InChI=1S/C19H24N2O3S/c22-19-16-6-5-14(24-13-3-1-2-4-13)11-17(16)20-18(21-19)12-25-15-7-9-23-10-8-15/h5-6,11,13,15H,1-4,7-10,12H2,(H,20,21,22). The second kappa shape index (κ2) is 7.79. The zero-order valence-corrected chi connectivity index (χ0v) is 15.1. The van der Waals surface area contributed by atoms with Crippen LogP contribution in [0.5, 0.6) is 5.75 Å². The monoisotopic (exact) mass is 360 g/mol. The van der Waals surface area contributed by atoms with Crippen molar-refractivity contribution in [2.24, 2.45) is 0 Å². The smallest absolute Gasteiger partial charge is 0.258 e. The van der Waals surface area contributed by atoms with Gasteiger partial charge in [0.1, 0.15) is 11.6 Å². The summed E-state index contributed by atoms with van der Waals surface area (Å²) < 4.78 is 11.4. The maximum atomic E-state index is 12.3. The van der Waals surface area contributed by atoms with Gasteiger partial charge in [0, 0.05) is 24.5 Å². The first-order chi connectivity index (χ1) is 12.3. The van der Waals surface area contributed by atoms with Gasteiger partial charge in [0.05, 0.1) is 22.8 Å². The third kappa shape index (κ3) is 4.18. The molecule has 2 heterocycles. The lowest BCUT2D eigenvalue weighted by Gasteiger charge is -2.21. The van der Waals surface area contributed by atoms with Gasteiger partial charge in [0.2, 0.25) is 0 Å². The minimum Gasteiger partial charge on any atom is -0.490 e. The minimum atomic E-state index is -0.0695.